The Hall–Kier alpha value is -3.46. The summed E-state index contributed by atoms with van der Waals surface area (Å²) in [5.74, 6) is -0.133. The quantitative estimate of drug-likeness (QED) is 0.508. The largest absolute Gasteiger partial charge is 0.489 e. The number of alkyl halides is 1. The molecular formula is C27H32FN3O5. The number of carbonyl (C=O) groups is 3. The van der Waals surface area contributed by atoms with Crippen molar-refractivity contribution in [2.24, 2.45) is 0 Å². The van der Waals surface area contributed by atoms with Gasteiger partial charge in [-0.2, -0.15) is 0 Å². The molecule has 4 rings (SSSR count). The van der Waals surface area contributed by atoms with E-state index in [1.807, 2.05) is 36.4 Å². The number of piperazine rings is 1. The third kappa shape index (κ3) is 7.04. The number of methoxy groups -OCH3 is 1. The zero-order valence-corrected chi connectivity index (χ0v) is 20.5. The molecule has 2 amide bonds. The summed E-state index contributed by atoms with van der Waals surface area (Å²) in [7, 11) is 1.35. The fraction of sp³-hybridized carbons (Fsp3) is 0.444. The number of ether oxygens (including phenoxy) is 2. The minimum absolute atomic E-state index is 0.0911. The van der Waals surface area contributed by atoms with Gasteiger partial charge in [0.2, 0.25) is 11.8 Å². The molecule has 1 saturated carbocycles. The molecule has 0 radical (unpaired) electrons. The second kappa shape index (κ2) is 11.5. The number of benzene rings is 2. The van der Waals surface area contributed by atoms with Crippen molar-refractivity contribution in [1.82, 2.24) is 15.1 Å². The SMILES string of the molecule is COC(=O)c1ccc(COc2ccccc2CN2CCN(C(=O)CNC(=O)CC3(F)CC3)CC2)cc1. The molecule has 192 valence electrons. The Morgan fingerprint density at radius 1 is 1.00 bits per heavy atom. The van der Waals surface area contributed by atoms with Gasteiger partial charge in [-0.3, -0.25) is 14.5 Å². The molecule has 36 heavy (non-hydrogen) atoms. The molecule has 1 N–H and O–H groups in total. The first-order chi connectivity index (χ1) is 17.3. The zero-order chi connectivity index (χ0) is 25.5. The molecule has 2 aliphatic rings. The highest BCUT2D eigenvalue weighted by molar-refractivity contribution is 5.89. The molecule has 2 fully saturated rings. The minimum Gasteiger partial charge on any atom is -0.489 e. The van der Waals surface area contributed by atoms with Gasteiger partial charge >= 0.3 is 5.97 Å². The molecule has 0 aromatic heterocycles. The Balaban J connectivity index is 1.22. The number of hydrogen-bond acceptors (Lipinski definition) is 6. The molecule has 0 bridgehead atoms. The summed E-state index contributed by atoms with van der Waals surface area (Å²) in [4.78, 5) is 39.9. The topological polar surface area (TPSA) is 88.2 Å². The first kappa shape index (κ1) is 25.6. The van der Waals surface area contributed by atoms with Gasteiger partial charge in [0.25, 0.3) is 0 Å². The van der Waals surface area contributed by atoms with Crippen LogP contribution in [-0.4, -0.2) is 73.1 Å². The lowest BCUT2D eigenvalue weighted by Gasteiger charge is -2.35. The van der Waals surface area contributed by atoms with Gasteiger partial charge in [-0.1, -0.05) is 30.3 Å². The van der Waals surface area contributed by atoms with E-state index in [0.717, 1.165) is 16.9 Å². The molecule has 0 spiro atoms. The summed E-state index contributed by atoms with van der Waals surface area (Å²) >= 11 is 0. The summed E-state index contributed by atoms with van der Waals surface area (Å²) in [6, 6.07) is 15.0. The normalized spacial score (nSPS) is 16.8. The first-order valence-electron chi connectivity index (χ1n) is 12.2. The molecule has 1 saturated heterocycles. The van der Waals surface area contributed by atoms with Crippen LogP contribution in [0.2, 0.25) is 0 Å². The van der Waals surface area contributed by atoms with E-state index in [9.17, 15) is 18.8 Å². The van der Waals surface area contributed by atoms with Gasteiger partial charge in [0.05, 0.1) is 25.6 Å². The molecular weight excluding hydrogens is 465 g/mol. The predicted octanol–water partition coefficient (Wildman–Crippen LogP) is 2.70. The average molecular weight is 498 g/mol. The Labute approximate surface area is 210 Å². The average Bonchev–Trinajstić information content (AvgIpc) is 3.63. The molecule has 2 aromatic rings. The Kier molecular flexibility index (Phi) is 8.20. The third-order valence-corrected chi connectivity index (χ3v) is 6.57. The van der Waals surface area contributed by atoms with Gasteiger partial charge in [-0.15, -0.1) is 0 Å². The number of hydrogen-bond donors (Lipinski definition) is 1. The number of nitrogens with one attached hydrogen (secondary N) is 1. The molecule has 0 atom stereocenters. The van der Waals surface area contributed by atoms with Crippen LogP contribution in [0.4, 0.5) is 4.39 Å². The van der Waals surface area contributed by atoms with Crippen molar-refractivity contribution in [3.8, 4) is 5.75 Å². The lowest BCUT2D eigenvalue weighted by atomic mass is 10.1. The minimum atomic E-state index is -1.35. The van der Waals surface area contributed by atoms with E-state index in [-0.39, 0.29) is 24.8 Å². The van der Waals surface area contributed by atoms with E-state index in [2.05, 4.69) is 10.2 Å². The highest BCUT2D eigenvalue weighted by atomic mass is 19.1. The number of esters is 1. The van der Waals surface area contributed by atoms with Crippen LogP contribution in [0.5, 0.6) is 5.75 Å². The van der Waals surface area contributed by atoms with Crippen molar-refractivity contribution in [2.75, 3.05) is 39.8 Å². The van der Waals surface area contributed by atoms with Crippen molar-refractivity contribution in [3.05, 3.63) is 65.2 Å². The first-order valence-corrected chi connectivity index (χ1v) is 12.2. The summed E-state index contributed by atoms with van der Waals surface area (Å²) in [6.07, 6.45) is 0.692. The zero-order valence-electron chi connectivity index (χ0n) is 20.5. The maximum atomic E-state index is 13.7. The van der Waals surface area contributed by atoms with Crippen LogP contribution < -0.4 is 10.1 Å². The molecule has 2 aromatic carbocycles. The molecule has 1 aliphatic heterocycles. The summed E-state index contributed by atoms with van der Waals surface area (Å²) in [5, 5.41) is 2.55. The van der Waals surface area contributed by atoms with Crippen LogP contribution >= 0.6 is 0 Å². The van der Waals surface area contributed by atoms with E-state index >= 15 is 0 Å². The van der Waals surface area contributed by atoms with Crippen molar-refractivity contribution in [1.29, 1.82) is 0 Å². The van der Waals surface area contributed by atoms with Crippen molar-refractivity contribution in [2.45, 2.75) is 38.1 Å². The fourth-order valence-electron chi connectivity index (χ4n) is 4.14. The lowest BCUT2D eigenvalue weighted by molar-refractivity contribution is -0.134. The van der Waals surface area contributed by atoms with Gasteiger partial charge in [0, 0.05) is 38.3 Å². The van der Waals surface area contributed by atoms with E-state index in [4.69, 9.17) is 9.47 Å². The van der Waals surface area contributed by atoms with Crippen LogP contribution in [0.15, 0.2) is 48.5 Å². The summed E-state index contributed by atoms with van der Waals surface area (Å²) in [6.45, 7) is 3.51. The lowest BCUT2D eigenvalue weighted by Crippen LogP contribution is -2.51. The van der Waals surface area contributed by atoms with E-state index in [1.165, 1.54) is 7.11 Å². The standard InChI is InChI=1S/C27H32FN3O5/c1-35-26(34)21-8-6-20(7-9-21)19-36-23-5-3-2-4-22(23)18-30-12-14-31(15-13-30)25(33)17-29-24(32)16-27(28)10-11-27/h2-9H,10-19H2,1H3,(H,29,32). The van der Waals surface area contributed by atoms with Crippen LogP contribution in [0.3, 0.4) is 0 Å². The summed E-state index contributed by atoms with van der Waals surface area (Å²) < 4.78 is 24.5. The number of halogens is 1. The van der Waals surface area contributed by atoms with Crippen LogP contribution in [0, 0.1) is 0 Å². The molecule has 9 heteroatoms. The van der Waals surface area contributed by atoms with Crippen molar-refractivity contribution >= 4 is 17.8 Å². The Bertz CT molecular complexity index is 1080. The number of amides is 2. The smallest absolute Gasteiger partial charge is 0.337 e. The van der Waals surface area contributed by atoms with E-state index in [1.54, 1.807) is 17.0 Å². The van der Waals surface area contributed by atoms with Gasteiger partial charge < -0.3 is 19.7 Å². The molecule has 0 unspecified atom stereocenters. The highest BCUT2D eigenvalue weighted by Gasteiger charge is 2.44. The van der Waals surface area contributed by atoms with E-state index in [0.29, 0.717) is 57.7 Å². The van der Waals surface area contributed by atoms with Gasteiger partial charge in [0.15, 0.2) is 0 Å². The maximum absolute atomic E-state index is 13.7. The summed E-state index contributed by atoms with van der Waals surface area (Å²) in [5.41, 5.74) is 1.13. The molecule has 1 heterocycles. The Morgan fingerprint density at radius 2 is 1.69 bits per heavy atom. The van der Waals surface area contributed by atoms with E-state index < -0.39 is 11.6 Å². The van der Waals surface area contributed by atoms with Crippen molar-refractivity contribution < 1.29 is 28.2 Å². The number of nitrogens with zero attached hydrogens (tertiary/aromatic N) is 2. The monoisotopic (exact) mass is 497 g/mol. The second-order valence-corrected chi connectivity index (χ2v) is 9.35. The Morgan fingerprint density at radius 3 is 2.36 bits per heavy atom. The highest BCUT2D eigenvalue weighted by Crippen LogP contribution is 2.42. The van der Waals surface area contributed by atoms with Gasteiger partial charge in [-0.05, 0) is 36.6 Å². The molecule has 8 nitrogen and oxygen atoms in total. The number of rotatable bonds is 10. The second-order valence-electron chi connectivity index (χ2n) is 9.35. The third-order valence-electron chi connectivity index (χ3n) is 6.57. The van der Waals surface area contributed by atoms with Crippen LogP contribution in [0.1, 0.15) is 40.7 Å². The van der Waals surface area contributed by atoms with Crippen LogP contribution in [0.25, 0.3) is 0 Å². The maximum Gasteiger partial charge on any atom is 0.337 e. The van der Waals surface area contributed by atoms with Gasteiger partial charge in [0.1, 0.15) is 18.0 Å². The van der Waals surface area contributed by atoms with Crippen LogP contribution in [-0.2, 0) is 27.5 Å². The molecule has 1 aliphatic carbocycles. The predicted molar refractivity (Wildman–Crippen MR) is 131 cm³/mol. The van der Waals surface area contributed by atoms with Crippen molar-refractivity contribution in [3.63, 3.8) is 0 Å². The number of para-hydroxylation sites is 1. The fourth-order valence-corrected chi connectivity index (χ4v) is 4.14. The van der Waals surface area contributed by atoms with Gasteiger partial charge in [-0.25, -0.2) is 9.18 Å². The number of carbonyl (C=O) groups excluding carboxylic acids is 3.